The minimum absolute atomic E-state index is 0.485. The fourth-order valence-corrected chi connectivity index (χ4v) is 2.47. The van der Waals surface area contributed by atoms with Gasteiger partial charge in [0.05, 0.1) is 15.7 Å². The Morgan fingerprint density at radius 2 is 1.68 bits per heavy atom. The fraction of sp³-hybridized carbons (Fsp3) is 0.0714. The summed E-state index contributed by atoms with van der Waals surface area (Å²) in [4.78, 5) is 4.30. The van der Waals surface area contributed by atoms with Gasteiger partial charge in [-0.2, -0.15) is 0 Å². The Balaban J connectivity index is 2.38. The summed E-state index contributed by atoms with van der Waals surface area (Å²) in [7, 11) is 0. The third kappa shape index (κ3) is 3.64. The van der Waals surface area contributed by atoms with E-state index in [1.165, 1.54) is 0 Å². The van der Waals surface area contributed by atoms with E-state index in [9.17, 15) is 0 Å². The van der Waals surface area contributed by atoms with Crippen LogP contribution in [0, 0.1) is 6.92 Å². The van der Waals surface area contributed by atoms with E-state index in [4.69, 9.17) is 46.4 Å². The zero-order valence-corrected chi connectivity index (χ0v) is 12.9. The molecule has 0 saturated carbocycles. The van der Waals surface area contributed by atoms with E-state index in [2.05, 4.69) is 4.99 Å². The maximum absolute atomic E-state index is 6.19. The van der Waals surface area contributed by atoms with Crippen molar-refractivity contribution in [3.05, 3.63) is 61.5 Å². The lowest BCUT2D eigenvalue weighted by Crippen LogP contribution is -1.87. The van der Waals surface area contributed by atoms with E-state index in [1.54, 1.807) is 36.5 Å². The van der Waals surface area contributed by atoms with E-state index < -0.39 is 0 Å². The lowest BCUT2D eigenvalue weighted by atomic mass is 10.1. The van der Waals surface area contributed by atoms with Crippen LogP contribution in [0.3, 0.4) is 0 Å². The molecule has 0 atom stereocenters. The lowest BCUT2D eigenvalue weighted by molar-refractivity contribution is 1.45. The first kappa shape index (κ1) is 14.7. The Labute approximate surface area is 131 Å². The molecule has 98 valence electrons. The molecule has 0 aromatic heterocycles. The zero-order valence-electron chi connectivity index (χ0n) is 9.92. The number of hydrogen-bond acceptors (Lipinski definition) is 1. The van der Waals surface area contributed by atoms with Gasteiger partial charge in [0.15, 0.2) is 0 Å². The number of hydrogen-bond donors (Lipinski definition) is 0. The average molecular weight is 333 g/mol. The summed E-state index contributed by atoms with van der Waals surface area (Å²) in [6, 6.07) is 8.67. The molecule has 2 aromatic rings. The molecule has 19 heavy (non-hydrogen) atoms. The molecule has 0 unspecified atom stereocenters. The van der Waals surface area contributed by atoms with Gasteiger partial charge in [-0.05, 0) is 42.8 Å². The highest BCUT2D eigenvalue weighted by Crippen LogP contribution is 2.29. The Morgan fingerprint density at radius 3 is 2.37 bits per heavy atom. The molecule has 0 fully saturated rings. The van der Waals surface area contributed by atoms with Crippen molar-refractivity contribution in [2.75, 3.05) is 0 Å². The van der Waals surface area contributed by atoms with Crippen molar-refractivity contribution in [1.29, 1.82) is 0 Å². The summed E-state index contributed by atoms with van der Waals surface area (Å²) in [6.45, 7) is 1.89. The van der Waals surface area contributed by atoms with E-state index >= 15 is 0 Å². The van der Waals surface area contributed by atoms with Crippen molar-refractivity contribution >= 4 is 58.3 Å². The van der Waals surface area contributed by atoms with Crippen molar-refractivity contribution in [2.24, 2.45) is 4.99 Å². The Bertz CT molecular complexity index is 650. The molecule has 2 rings (SSSR count). The molecule has 0 bridgehead atoms. The summed E-state index contributed by atoms with van der Waals surface area (Å²) in [5.74, 6) is 0. The van der Waals surface area contributed by atoms with Crippen LogP contribution in [0.2, 0.25) is 20.1 Å². The van der Waals surface area contributed by atoms with E-state index in [-0.39, 0.29) is 0 Å². The second-order valence-corrected chi connectivity index (χ2v) is 5.64. The van der Waals surface area contributed by atoms with Gasteiger partial charge in [0.25, 0.3) is 0 Å². The minimum Gasteiger partial charge on any atom is -0.255 e. The summed E-state index contributed by atoms with van der Waals surface area (Å²) >= 11 is 24.1. The number of nitrogens with zero attached hydrogens (tertiary/aromatic N) is 1. The molecule has 0 saturated heterocycles. The molecule has 0 aliphatic carbocycles. The Kier molecular flexibility index (Phi) is 4.75. The molecule has 0 aliphatic rings. The summed E-state index contributed by atoms with van der Waals surface area (Å²) in [5.41, 5.74) is 2.27. The number of aryl methyl sites for hydroxylation is 1. The van der Waals surface area contributed by atoms with Gasteiger partial charge < -0.3 is 0 Å². The van der Waals surface area contributed by atoms with Gasteiger partial charge in [-0.15, -0.1) is 0 Å². The van der Waals surface area contributed by atoms with Crippen molar-refractivity contribution in [3.63, 3.8) is 0 Å². The van der Waals surface area contributed by atoms with E-state index in [0.717, 1.165) is 11.1 Å². The molecule has 0 aliphatic heterocycles. The highest BCUT2D eigenvalue weighted by atomic mass is 35.5. The van der Waals surface area contributed by atoms with Gasteiger partial charge in [0, 0.05) is 21.8 Å². The maximum Gasteiger partial charge on any atom is 0.0817 e. The van der Waals surface area contributed by atoms with Crippen LogP contribution in [0.25, 0.3) is 0 Å². The number of benzene rings is 2. The highest BCUT2D eigenvalue weighted by molar-refractivity contribution is 6.37. The number of aliphatic imine (C=N–C) groups is 1. The third-order valence-corrected chi connectivity index (χ3v) is 3.77. The van der Waals surface area contributed by atoms with Gasteiger partial charge in [-0.3, -0.25) is 4.99 Å². The van der Waals surface area contributed by atoms with E-state index in [1.807, 2.05) is 6.92 Å². The van der Waals surface area contributed by atoms with Crippen molar-refractivity contribution in [1.82, 2.24) is 0 Å². The largest absolute Gasteiger partial charge is 0.255 e. The third-order valence-electron chi connectivity index (χ3n) is 2.50. The van der Waals surface area contributed by atoms with Crippen LogP contribution < -0.4 is 0 Å². The van der Waals surface area contributed by atoms with Gasteiger partial charge >= 0.3 is 0 Å². The molecule has 1 nitrogen and oxygen atoms in total. The van der Waals surface area contributed by atoms with Crippen LogP contribution in [0.15, 0.2) is 35.3 Å². The minimum atomic E-state index is 0.485. The van der Waals surface area contributed by atoms with Gasteiger partial charge in [-0.25, -0.2) is 0 Å². The topological polar surface area (TPSA) is 12.4 Å². The van der Waals surface area contributed by atoms with Gasteiger partial charge in [0.1, 0.15) is 0 Å². The first-order chi connectivity index (χ1) is 8.97. The van der Waals surface area contributed by atoms with Crippen LogP contribution in [0.1, 0.15) is 11.1 Å². The molecule has 0 N–H and O–H groups in total. The molecule has 5 heteroatoms. The summed E-state index contributed by atoms with van der Waals surface area (Å²) in [5, 5.41) is 2.29. The van der Waals surface area contributed by atoms with Crippen LogP contribution in [0.5, 0.6) is 0 Å². The molecular formula is C14H9Cl4N. The van der Waals surface area contributed by atoms with Gasteiger partial charge in [-0.1, -0.05) is 46.4 Å². The Hall–Kier alpha value is -0.730. The Morgan fingerprint density at radius 1 is 0.947 bits per heavy atom. The molecular weight excluding hydrogens is 324 g/mol. The first-order valence-corrected chi connectivity index (χ1v) is 6.93. The fourth-order valence-electron chi connectivity index (χ4n) is 1.57. The molecule has 0 amide bonds. The predicted molar refractivity (Wildman–Crippen MR) is 84.9 cm³/mol. The average Bonchev–Trinajstić information content (AvgIpc) is 2.33. The SMILES string of the molecule is Cc1cc(Cl)cc(/C=N/c2ccc(Cl)cc2Cl)c1Cl. The van der Waals surface area contributed by atoms with Crippen molar-refractivity contribution in [2.45, 2.75) is 6.92 Å². The normalized spacial score (nSPS) is 11.2. The smallest absolute Gasteiger partial charge is 0.0817 e. The van der Waals surface area contributed by atoms with Crippen LogP contribution in [-0.4, -0.2) is 6.21 Å². The predicted octanol–water partition coefficient (Wildman–Crippen LogP) is 6.36. The molecule has 0 heterocycles. The zero-order chi connectivity index (χ0) is 14.0. The molecule has 0 radical (unpaired) electrons. The lowest BCUT2D eigenvalue weighted by Gasteiger charge is -2.04. The number of rotatable bonds is 2. The monoisotopic (exact) mass is 331 g/mol. The maximum atomic E-state index is 6.19. The second-order valence-electron chi connectivity index (χ2n) is 3.98. The summed E-state index contributed by atoms with van der Waals surface area (Å²) < 4.78 is 0. The highest BCUT2D eigenvalue weighted by Gasteiger charge is 2.04. The van der Waals surface area contributed by atoms with E-state index in [0.29, 0.717) is 25.8 Å². The van der Waals surface area contributed by atoms with Gasteiger partial charge in [0.2, 0.25) is 0 Å². The second kappa shape index (κ2) is 6.15. The molecule has 0 spiro atoms. The quantitative estimate of drug-likeness (QED) is 0.567. The standard InChI is InChI=1S/C14H9Cl4N/c1-8-4-11(16)5-9(14(8)18)7-19-13-3-2-10(15)6-12(13)17/h2-7H,1H3/b19-7+. The van der Waals surface area contributed by atoms with Crippen molar-refractivity contribution in [3.8, 4) is 0 Å². The first-order valence-electron chi connectivity index (χ1n) is 5.42. The van der Waals surface area contributed by atoms with Crippen molar-refractivity contribution < 1.29 is 0 Å². The summed E-state index contributed by atoms with van der Waals surface area (Å²) in [6.07, 6.45) is 1.64. The molecule has 2 aromatic carbocycles. The van der Waals surface area contributed by atoms with Crippen LogP contribution in [-0.2, 0) is 0 Å². The van der Waals surface area contributed by atoms with Crippen LogP contribution >= 0.6 is 46.4 Å². The number of halogens is 4. The van der Waals surface area contributed by atoms with Crippen LogP contribution in [0.4, 0.5) is 5.69 Å².